The lowest BCUT2D eigenvalue weighted by atomic mass is 10.00. The van der Waals surface area contributed by atoms with Crippen molar-refractivity contribution in [3.8, 4) is 0 Å². The number of aliphatic hydroxyl groups is 2. The van der Waals surface area contributed by atoms with Crippen LogP contribution in [0, 0.1) is 0 Å². The SMILES string of the molecule is C=Cc1ccc(C(CO)CO)cc1. The Bertz CT molecular complexity index is 260. The van der Waals surface area contributed by atoms with Gasteiger partial charge < -0.3 is 10.2 Å². The Morgan fingerprint density at radius 1 is 1.15 bits per heavy atom. The summed E-state index contributed by atoms with van der Waals surface area (Å²) < 4.78 is 0. The number of rotatable bonds is 4. The van der Waals surface area contributed by atoms with Crippen LogP contribution in [0.2, 0.25) is 0 Å². The predicted octanol–water partition coefficient (Wildman–Crippen LogP) is 1.40. The summed E-state index contributed by atoms with van der Waals surface area (Å²) in [6, 6.07) is 7.63. The van der Waals surface area contributed by atoms with Crippen LogP contribution in [0.25, 0.3) is 6.08 Å². The van der Waals surface area contributed by atoms with Crippen LogP contribution < -0.4 is 0 Å². The van der Waals surface area contributed by atoms with Crippen molar-refractivity contribution in [1.82, 2.24) is 0 Å². The molecule has 0 aliphatic rings. The van der Waals surface area contributed by atoms with E-state index in [4.69, 9.17) is 10.2 Å². The van der Waals surface area contributed by atoms with Gasteiger partial charge in [-0.2, -0.15) is 0 Å². The van der Waals surface area contributed by atoms with Gasteiger partial charge in [0.25, 0.3) is 0 Å². The zero-order valence-corrected chi connectivity index (χ0v) is 7.48. The van der Waals surface area contributed by atoms with E-state index in [2.05, 4.69) is 6.58 Å². The topological polar surface area (TPSA) is 40.5 Å². The standard InChI is InChI=1S/C11H14O2/c1-2-9-3-5-10(6-4-9)11(7-12)8-13/h2-6,11-13H,1,7-8H2. The minimum atomic E-state index is -0.168. The van der Waals surface area contributed by atoms with E-state index in [-0.39, 0.29) is 19.1 Å². The molecule has 0 bridgehead atoms. The van der Waals surface area contributed by atoms with Gasteiger partial charge in [-0.15, -0.1) is 0 Å². The molecule has 0 heterocycles. The van der Waals surface area contributed by atoms with Crippen molar-refractivity contribution in [3.05, 3.63) is 42.0 Å². The Kier molecular flexibility index (Phi) is 3.68. The summed E-state index contributed by atoms with van der Waals surface area (Å²) in [7, 11) is 0. The van der Waals surface area contributed by atoms with Crippen LogP contribution in [-0.2, 0) is 0 Å². The normalized spacial score (nSPS) is 10.4. The highest BCUT2D eigenvalue weighted by Crippen LogP contribution is 2.15. The molecule has 1 aromatic carbocycles. The molecule has 1 rings (SSSR count). The Balaban J connectivity index is 2.83. The average molecular weight is 178 g/mol. The van der Waals surface area contributed by atoms with Gasteiger partial charge in [-0.05, 0) is 11.1 Å². The number of hydrogen-bond acceptors (Lipinski definition) is 2. The maximum Gasteiger partial charge on any atom is 0.0521 e. The van der Waals surface area contributed by atoms with Gasteiger partial charge in [-0.3, -0.25) is 0 Å². The summed E-state index contributed by atoms with van der Waals surface area (Å²) in [5.41, 5.74) is 1.99. The average Bonchev–Trinajstić information content (AvgIpc) is 2.21. The first-order valence-corrected chi connectivity index (χ1v) is 4.26. The van der Waals surface area contributed by atoms with Crippen LogP contribution in [0.15, 0.2) is 30.8 Å². The maximum absolute atomic E-state index is 8.93. The van der Waals surface area contributed by atoms with Gasteiger partial charge in [0.05, 0.1) is 13.2 Å². The molecule has 0 spiro atoms. The van der Waals surface area contributed by atoms with Gasteiger partial charge in [0.2, 0.25) is 0 Å². The first-order valence-electron chi connectivity index (χ1n) is 4.26. The van der Waals surface area contributed by atoms with Crippen LogP contribution >= 0.6 is 0 Å². The van der Waals surface area contributed by atoms with Crippen molar-refractivity contribution in [2.45, 2.75) is 5.92 Å². The second-order valence-electron chi connectivity index (χ2n) is 2.93. The fraction of sp³-hybridized carbons (Fsp3) is 0.273. The molecule has 70 valence electrons. The highest BCUT2D eigenvalue weighted by Gasteiger charge is 2.07. The van der Waals surface area contributed by atoms with E-state index in [1.165, 1.54) is 0 Å². The van der Waals surface area contributed by atoms with Gasteiger partial charge in [-0.25, -0.2) is 0 Å². The molecule has 0 radical (unpaired) electrons. The van der Waals surface area contributed by atoms with Gasteiger partial charge in [0, 0.05) is 5.92 Å². The van der Waals surface area contributed by atoms with Gasteiger partial charge in [0.1, 0.15) is 0 Å². The van der Waals surface area contributed by atoms with Crippen LogP contribution in [-0.4, -0.2) is 23.4 Å². The monoisotopic (exact) mass is 178 g/mol. The van der Waals surface area contributed by atoms with E-state index in [0.717, 1.165) is 11.1 Å². The summed E-state index contributed by atoms with van der Waals surface area (Å²) in [5.74, 6) is -0.168. The lowest BCUT2D eigenvalue weighted by Crippen LogP contribution is -2.08. The van der Waals surface area contributed by atoms with Crippen LogP contribution in [0.5, 0.6) is 0 Å². The summed E-state index contributed by atoms with van der Waals surface area (Å²) in [5, 5.41) is 17.9. The number of benzene rings is 1. The summed E-state index contributed by atoms with van der Waals surface area (Å²) >= 11 is 0. The van der Waals surface area contributed by atoms with E-state index < -0.39 is 0 Å². The second kappa shape index (κ2) is 4.80. The molecule has 2 N–H and O–H groups in total. The second-order valence-corrected chi connectivity index (χ2v) is 2.93. The molecule has 0 aliphatic carbocycles. The van der Waals surface area contributed by atoms with E-state index in [1.54, 1.807) is 6.08 Å². The zero-order valence-electron chi connectivity index (χ0n) is 7.48. The van der Waals surface area contributed by atoms with E-state index in [9.17, 15) is 0 Å². The molecule has 0 aromatic heterocycles. The van der Waals surface area contributed by atoms with Gasteiger partial charge in [-0.1, -0.05) is 36.9 Å². The molecule has 1 aromatic rings. The summed E-state index contributed by atoms with van der Waals surface area (Å²) in [6.07, 6.45) is 1.76. The van der Waals surface area contributed by atoms with Crippen molar-refractivity contribution in [2.75, 3.05) is 13.2 Å². The molecule has 13 heavy (non-hydrogen) atoms. The highest BCUT2D eigenvalue weighted by molar-refractivity contribution is 5.47. The number of aliphatic hydroxyl groups excluding tert-OH is 2. The Morgan fingerprint density at radius 3 is 2.08 bits per heavy atom. The summed E-state index contributed by atoms with van der Waals surface area (Å²) in [4.78, 5) is 0. The fourth-order valence-electron chi connectivity index (χ4n) is 1.17. The largest absolute Gasteiger partial charge is 0.396 e. The first kappa shape index (κ1) is 9.96. The highest BCUT2D eigenvalue weighted by atomic mass is 16.3. The molecule has 0 saturated heterocycles. The van der Waals surface area contributed by atoms with Crippen molar-refractivity contribution in [1.29, 1.82) is 0 Å². The minimum absolute atomic E-state index is 0.0239. The number of hydrogen-bond donors (Lipinski definition) is 2. The molecule has 0 unspecified atom stereocenters. The quantitative estimate of drug-likeness (QED) is 0.731. The zero-order chi connectivity index (χ0) is 9.68. The third-order valence-electron chi connectivity index (χ3n) is 2.08. The molecular formula is C11H14O2. The Labute approximate surface area is 78.2 Å². The molecule has 0 fully saturated rings. The third-order valence-corrected chi connectivity index (χ3v) is 2.08. The van der Waals surface area contributed by atoms with Crippen LogP contribution in [0.4, 0.5) is 0 Å². The third kappa shape index (κ3) is 2.41. The smallest absolute Gasteiger partial charge is 0.0521 e. The minimum Gasteiger partial charge on any atom is -0.396 e. The maximum atomic E-state index is 8.93. The first-order chi connectivity index (χ1) is 6.31. The van der Waals surface area contributed by atoms with E-state index >= 15 is 0 Å². The van der Waals surface area contributed by atoms with Crippen molar-refractivity contribution < 1.29 is 10.2 Å². The molecule has 0 saturated carbocycles. The molecule has 2 heteroatoms. The van der Waals surface area contributed by atoms with Crippen LogP contribution in [0.3, 0.4) is 0 Å². The fourth-order valence-corrected chi connectivity index (χ4v) is 1.17. The predicted molar refractivity (Wildman–Crippen MR) is 53.4 cm³/mol. The van der Waals surface area contributed by atoms with Crippen molar-refractivity contribution in [2.24, 2.45) is 0 Å². The summed E-state index contributed by atoms with van der Waals surface area (Å²) in [6.45, 7) is 3.60. The molecule has 2 nitrogen and oxygen atoms in total. The molecule has 0 amide bonds. The lowest BCUT2D eigenvalue weighted by Gasteiger charge is -2.10. The Morgan fingerprint density at radius 2 is 1.69 bits per heavy atom. The van der Waals surface area contributed by atoms with Crippen LogP contribution in [0.1, 0.15) is 17.0 Å². The van der Waals surface area contributed by atoms with E-state index in [0.29, 0.717) is 0 Å². The lowest BCUT2D eigenvalue weighted by molar-refractivity contribution is 0.192. The Hall–Kier alpha value is -1.12. The van der Waals surface area contributed by atoms with E-state index in [1.807, 2.05) is 24.3 Å². The van der Waals surface area contributed by atoms with Gasteiger partial charge in [0.15, 0.2) is 0 Å². The molecule has 0 aliphatic heterocycles. The van der Waals surface area contributed by atoms with Crippen molar-refractivity contribution >= 4 is 6.08 Å². The van der Waals surface area contributed by atoms with Gasteiger partial charge >= 0.3 is 0 Å². The molecule has 0 atom stereocenters. The molecular weight excluding hydrogens is 164 g/mol. The van der Waals surface area contributed by atoms with Crippen molar-refractivity contribution in [3.63, 3.8) is 0 Å².